The zero-order valence-electron chi connectivity index (χ0n) is 11.5. The molecule has 9 heteroatoms. The third-order valence-corrected chi connectivity index (χ3v) is 6.21. The monoisotopic (exact) mass is 338 g/mol. The molecule has 1 amide bonds. The van der Waals surface area contributed by atoms with Gasteiger partial charge in [0, 0.05) is 34.2 Å². The molecule has 0 spiro atoms. The van der Waals surface area contributed by atoms with Crippen molar-refractivity contribution < 1.29 is 17.4 Å². The zero-order chi connectivity index (χ0) is 15.5. The minimum Gasteiger partial charge on any atom is -0.350 e. The van der Waals surface area contributed by atoms with E-state index in [9.17, 15) is 17.4 Å². The Morgan fingerprint density at radius 2 is 2.15 bits per heavy atom. The summed E-state index contributed by atoms with van der Waals surface area (Å²) in [4.78, 5) is 12.0. The van der Waals surface area contributed by atoms with E-state index in [0.29, 0.717) is 23.3 Å². The van der Waals surface area contributed by atoms with Crippen LogP contribution in [-0.2, 0) is 20.8 Å². The van der Waals surface area contributed by atoms with E-state index in [0.717, 1.165) is 11.3 Å². The predicted octanol–water partition coefficient (Wildman–Crippen LogP) is 0.591. The quantitative estimate of drug-likeness (QED) is 0.791. The van der Waals surface area contributed by atoms with Gasteiger partial charge >= 0.3 is 0 Å². The number of carbonyl (C=O) groups is 1. The highest BCUT2D eigenvalue weighted by Crippen LogP contribution is 2.25. The number of sulfonamides is 1. The van der Waals surface area contributed by atoms with Crippen molar-refractivity contribution in [3.8, 4) is 0 Å². The average molecular weight is 338 g/mol. The van der Waals surface area contributed by atoms with Gasteiger partial charge in [-0.15, -0.1) is 11.3 Å². The van der Waals surface area contributed by atoms with E-state index in [-0.39, 0.29) is 16.2 Å². The van der Waals surface area contributed by atoms with E-state index in [1.807, 2.05) is 6.92 Å². The van der Waals surface area contributed by atoms with Gasteiger partial charge in [0.2, 0.25) is 10.0 Å². The molecule has 20 heavy (non-hydrogen) atoms. The van der Waals surface area contributed by atoms with Crippen LogP contribution < -0.4 is 10.5 Å². The van der Waals surface area contributed by atoms with Crippen molar-refractivity contribution in [2.75, 3.05) is 12.0 Å². The topological polar surface area (TPSA) is 106 Å². The third kappa shape index (κ3) is 4.65. The number of nitrogens with two attached hydrogens (primary N) is 1. The highest BCUT2D eigenvalue weighted by Gasteiger charge is 2.21. The van der Waals surface area contributed by atoms with Crippen LogP contribution in [0.25, 0.3) is 0 Å². The molecule has 0 aliphatic heterocycles. The summed E-state index contributed by atoms with van der Waals surface area (Å²) < 4.78 is 33.6. The van der Waals surface area contributed by atoms with Crippen LogP contribution >= 0.6 is 11.3 Å². The van der Waals surface area contributed by atoms with Crippen LogP contribution in [-0.4, -0.2) is 36.6 Å². The second-order valence-electron chi connectivity index (χ2n) is 4.55. The molecule has 0 aliphatic carbocycles. The highest BCUT2D eigenvalue weighted by atomic mass is 32.2. The molecule has 0 saturated carbocycles. The lowest BCUT2D eigenvalue weighted by Crippen LogP contribution is -2.33. The first kappa shape index (κ1) is 17.3. The molecule has 0 radical (unpaired) electrons. The molecule has 0 saturated heterocycles. The van der Waals surface area contributed by atoms with Gasteiger partial charge in [0.05, 0.1) is 5.56 Å². The number of carbonyl (C=O) groups excluding carboxylic acids is 1. The van der Waals surface area contributed by atoms with Gasteiger partial charge in [-0.05, 0) is 25.8 Å². The van der Waals surface area contributed by atoms with E-state index in [4.69, 9.17) is 5.14 Å². The molecule has 0 aliphatic rings. The molecule has 1 heterocycles. The van der Waals surface area contributed by atoms with E-state index >= 15 is 0 Å². The second-order valence-corrected chi connectivity index (χ2v) is 8.74. The standard InChI is InChI=1S/C11H18N2O4S3/c1-7(4-5-19(3)15)13-10(14)9-6-18-11(8(9)2)20(12,16)17/h6-7H,4-5H2,1-3H3,(H,13,14)(H2,12,16,17). The Hall–Kier alpha value is -0.770. The van der Waals surface area contributed by atoms with E-state index in [2.05, 4.69) is 5.32 Å². The second kappa shape index (κ2) is 6.79. The third-order valence-electron chi connectivity index (χ3n) is 2.71. The summed E-state index contributed by atoms with van der Waals surface area (Å²) in [7, 11) is -4.70. The number of hydrogen-bond acceptors (Lipinski definition) is 5. The van der Waals surface area contributed by atoms with E-state index in [1.165, 1.54) is 5.38 Å². The van der Waals surface area contributed by atoms with Gasteiger partial charge in [0.1, 0.15) is 4.21 Å². The van der Waals surface area contributed by atoms with Crippen LogP contribution in [0.3, 0.4) is 0 Å². The lowest BCUT2D eigenvalue weighted by atomic mass is 10.2. The number of rotatable bonds is 6. The van der Waals surface area contributed by atoms with Crippen molar-refractivity contribution in [1.82, 2.24) is 5.32 Å². The number of hydrogen-bond donors (Lipinski definition) is 2. The van der Waals surface area contributed by atoms with Crippen LogP contribution in [0.15, 0.2) is 9.59 Å². The van der Waals surface area contributed by atoms with E-state index in [1.54, 1.807) is 13.2 Å². The van der Waals surface area contributed by atoms with Crippen molar-refractivity contribution in [2.24, 2.45) is 5.14 Å². The van der Waals surface area contributed by atoms with Crippen molar-refractivity contribution in [3.63, 3.8) is 0 Å². The first-order valence-corrected chi connectivity index (χ1v) is 10.00. The fourth-order valence-electron chi connectivity index (χ4n) is 1.62. The van der Waals surface area contributed by atoms with Gasteiger partial charge in [0.25, 0.3) is 5.91 Å². The molecule has 0 fully saturated rings. The maximum absolute atomic E-state index is 12.0. The van der Waals surface area contributed by atoms with Gasteiger partial charge < -0.3 is 5.32 Å². The first-order chi connectivity index (χ1) is 9.12. The molecule has 3 N–H and O–H groups in total. The molecule has 2 atom stereocenters. The molecule has 6 nitrogen and oxygen atoms in total. The number of nitrogens with one attached hydrogen (secondary N) is 1. The minimum atomic E-state index is -3.80. The van der Waals surface area contributed by atoms with Crippen molar-refractivity contribution in [2.45, 2.75) is 30.5 Å². The minimum absolute atomic E-state index is 0.00460. The Morgan fingerprint density at radius 1 is 1.55 bits per heavy atom. The van der Waals surface area contributed by atoms with Gasteiger partial charge in [-0.3, -0.25) is 9.00 Å². The normalized spacial score (nSPS) is 14.8. The summed E-state index contributed by atoms with van der Waals surface area (Å²) in [5.74, 6) is 0.162. The fraction of sp³-hybridized carbons (Fsp3) is 0.545. The number of thiophene rings is 1. The largest absolute Gasteiger partial charge is 0.350 e. The molecule has 2 unspecified atom stereocenters. The Labute approximate surface area is 125 Å². The molecule has 114 valence electrons. The lowest BCUT2D eigenvalue weighted by Gasteiger charge is -2.13. The zero-order valence-corrected chi connectivity index (χ0v) is 14.0. The maximum atomic E-state index is 12.0. The number of amides is 1. The summed E-state index contributed by atoms with van der Waals surface area (Å²) in [5, 5.41) is 9.31. The maximum Gasteiger partial charge on any atom is 0.252 e. The molecule has 0 bridgehead atoms. The average Bonchev–Trinajstić information content (AvgIpc) is 2.68. The van der Waals surface area contributed by atoms with Crippen LogP contribution in [0, 0.1) is 6.92 Å². The van der Waals surface area contributed by atoms with Crippen LogP contribution in [0.2, 0.25) is 0 Å². The summed E-state index contributed by atoms with van der Waals surface area (Å²) >= 11 is 0.934. The summed E-state index contributed by atoms with van der Waals surface area (Å²) in [5.41, 5.74) is 0.671. The summed E-state index contributed by atoms with van der Waals surface area (Å²) in [6.45, 7) is 3.37. The Bertz CT molecular complexity index is 622. The SMILES string of the molecule is Cc1c(C(=O)NC(C)CCS(C)=O)csc1S(N)(=O)=O. The first-order valence-electron chi connectivity index (χ1n) is 5.84. The Morgan fingerprint density at radius 3 is 2.60 bits per heavy atom. The summed E-state index contributed by atoms with van der Waals surface area (Å²) in [6, 6.07) is -0.136. The van der Waals surface area contributed by atoms with Crippen LogP contribution in [0.5, 0.6) is 0 Å². The van der Waals surface area contributed by atoms with Crippen molar-refractivity contribution in [3.05, 3.63) is 16.5 Å². The van der Waals surface area contributed by atoms with E-state index < -0.39 is 20.8 Å². The molecule has 1 rings (SSSR count). The molecular formula is C11H18N2O4S3. The fourth-order valence-corrected chi connectivity index (χ4v) is 4.32. The van der Waals surface area contributed by atoms with Crippen molar-refractivity contribution >= 4 is 38.1 Å². The van der Waals surface area contributed by atoms with Gasteiger partial charge in [0.15, 0.2) is 0 Å². The molecule has 1 aromatic heterocycles. The lowest BCUT2D eigenvalue weighted by molar-refractivity contribution is 0.0939. The molecular weight excluding hydrogens is 320 g/mol. The van der Waals surface area contributed by atoms with Crippen LogP contribution in [0.1, 0.15) is 29.3 Å². The molecule has 1 aromatic rings. The predicted molar refractivity (Wildman–Crippen MR) is 80.9 cm³/mol. The Kier molecular flexibility index (Phi) is 5.87. The molecule has 0 aromatic carbocycles. The Balaban J connectivity index is 2.79. The van der Waals surface area contributed by atoms with Gasteiger partial charge in [-0.1, -0.05) is 0 Å². The number of primary sulfonamides is 1. The smallest absolute Gasteiger partial charge is 0.252 e. The van der Waals surface area contributed by atoms with Gasteiger partial charge in [-0.25, -0.2) is 13.6 Å². The van der Waals surface area contributed by atoms with Crippen LogP contribution in [0.4, 0.5) is 0 Å². The highest BCUT2D eigenvalue weighted by molar-refractivity contribution is 7.91. The van der Waals surface area contributed by atoms with Crippen molar-refractivity contribution in [1.29, 1.82) is 0 Å². The van der Waals surface area contributed by atoms with Gasteiger partial charge in [-0.2, -0.15) is 0 Å². The summed E-state index contributed by atoms with van der Waals surface area (Å²) in [6.07, 6.45) is 2.20.